The van der Waals surface area contributed by atoms with E-state index in [2.05, 4.69) is 0 Å². The average Bonchev–Trinajstić information content (AvgIpc) is 2.82. The standard InChI is InChI=1S/C10H18O2/c1-2-12-7-10(11)5-3-4-8-6-9(8)10/h8-9,11H,2-7H2,1H3. The van der Waals surface area contributed by atoms with Crippen molar-refractivity contribution in [2.24, 2.45) is 11.8 Å². The third kappa shape index (κ3) is 1.38. The van der Waals surface area contributed by atoms with E-state index in [1.807, 2.05) is 6.92 Å². The van der Waals surface area contributed by atoms with Crippen LogP contribution in [0.1, 0.15) is 32.6 Å². The lowest BCUT2D eigenvalue weighted by atomic mass is 9.85. The predicted molar refractivity (Wildman–Crippen MR) is 46.9 cm³/mol. The third-order valence-corrected chi connectivity index (χ3v) is 3.35. The van der Waals surface area contributed by atoms with Gasteiger partial charge in [-0.15, -0.1) is 0 Å². The molecule has 2 nitrogen and oxygen atoms in total. The van der Waals surface area contributed by atoms with Gasteiger partial charge in [0.1, 0.15) is 0 Å². The van der Waals surface area contributed by atoms with Gasteiger partial charge in [0.15, 0.2) is 0 Å². The van der Waals surface area contributed by atoms with E-state index in [1.54, 1.807) is 0 Å². The molecule has 0 aliphatic heterocycles. The summed E-state index contributed by atoms with van der Waals surface area (Å²) in [5.41, 5.74) is -0.459. The van der Waals surface area contributed by atoms with Crippen molar-refractivity contribution in [3.63, 3.8) is 0 Å². The van der Waals surface area contributed by atoms with E-state index < -0.39 is 5.60 Å². The first kappa shape index (κ1) is 8.52. The summed E-state index contributed by atoms with van der Waals surface area (Å²) in [5, 5.41) is 10.2. The van der Waals surface area contributed by atoms with Gasteiger partial charge >= 0.3 is 0 Å². The Kier molecular flexibility index (Phi) is 2.13. The van der Waals surface area contributed by atoms with Gasteiger partial charge in [-0.25, -0.2) is 0 Å². The number of rotatable bonds is 3. The predicted octanol–water partition coefficient (Wildman–Crippen LogP) is 1.57. The van der Waals surface area contributed by atoms with Crippen LogP contribution in [0, 0.1) is 11.8 Å². The molecular weight excluding hydrogens is 152 g/mol. The van der Waals surface area contributed by atoms with Gasteiger partial charge in [-0.2, -0.15) is 0 Å². The summed E-state index contributed by atoms with van der Waals surface area (Å²) in [4.78, 5) is 0. The smallest absolute Gasteiger partial charge is 0.0910 e. The fourth-order valence-corrected chi connectivity index (χ4v) is 2.54. The maximum Gasteiger partial charge on any atom is 0.0910 e. The van der Waals surface area contributed by atoms with Crippen LogP contribution < -0.4 is 0 Å². The SMILES string of the molecule is CCOCC1(O)CCCC2CC21. The van der Waals surface area contributed by atoms with Crippen molar-refractivity contribution in [2.45, 2.75) is 38.2 Å². The molecule has 2 fully saturated rings. The van der Waals surface area contributed by atoms with E-state index >= 15 is 0 Å². The lowest BCUT2D eigenvalue weighted by Gasteiger charge is -2.31. The van der Waals surface area contributed by atoms with Gasteiger partial charge in [0.25, 0.3) is 0 Å². The van der Waals surface area contributed by atoms with Crippen LogP contribution in [-0.2, 0) is 4.74 Å². The molecule has 0 aromatic carbocycles. The first-order chi connectivity index (χ1) is 5.76. The van der Waals surface area contributed by atoms with E-state index in [9.17, 15) is 5.11 Å². The molecule has 1 N–H and O–H groups in total. The Hall–Kier alpha value is -0.0800. The lowest BCUT2D eigenvalue weighted by molar-refractivity contribution is -0.0769. The first-order valence-electron chi connectivity index (χ1n) is 5.06. The molecule has 2 saturated carbocycles. The summed E-state index contributed by atoms with van der Waals surface area (Å²) in [6.07, 6.45) is 4.71. The minimum absolute atomic E-state index is 0.459. The van der Waals surface area contributed by atoms with Gasteiger partial charge in [-0.05, 0) is 38.0 Å². The Labute approximate surface area is 73.9 Å². The Morgan fingerprint density at radius 2 is 2.42 bits per heavy atom. The maximum atomic E-state index is 10.2. The quantitative estimate of drug-likeness (QED) is 0.696. The Morgan fingerprint density at radius 1 is 1.58 bits per heavy atom. The van der Waals surface area contributed by atoms with Crippen LogP contribution in [0.5, 0.6) is 0 Å². The van der Waals surface area contributed by atoms with Gasteiger partial charge in [-0.3, -0.25) is 0 Å². The van der Waals surface area contributed by atoms with E-state index in [0.29, 0.717) is 12.5 Å². The van der Waals surface area contributed by atoms with Crippen molar-refractivity contribution < 1.29 is 9.84 Å². The molecule has 70 valence electrons. The Morgan fingerprint density at radius 3 is 3.17 bits per heavy atom. The number of ether oxygens (including phenoxy) is 1. The molecule has 2 rings (SSSR count). The summed E-state index contributed by atoms with van der Waals surface area (Å²) in [6, 6.07) is 0. The van der Waals surface area contributed by atoms with Crippen LogP contribution in [0.15, 0.2) is 0 Å². The molecule has 0 aromatic rings. The van der Waals surface area contributed by atoms with Crippen LogP contribution in [0.3, 0.4) is 0 Å². The molecule has 3 unspecified atom stereocenters. The molecule has 0 aromatic heterocycles. The number of hydrogen-bond acceptors (Lipinski definition) is 2. The second-order valence-electron chi connectivity index (χ2n) is 4.24. The summed E-state index contributed by atoms with van der Waals surface area (Å²) in [7, 11) is 0. The molecule has 3 atom stereocenters. The zero-order valence-electron chi connectivity index (χ0n) is 7.75. The summed E-state index contributed by atoms with van der Waals surface area (Å²) >= 11 is 0. The van der Waals surface area contributed by atoms with E-state index in [-0.39, 0.29) is 0 Å². The van der Waals surface area contributed by atoms with Crippen molar-refractivity contribution in [3.05, 3.63) is 0 Å². The van der Waals surface area contributed by atoms with Gasteiger partial charge in [0, 0.05) is 6.61 Å². The fraction of sp³-hybridized carbons (Fsp3) is 1.00. The molecule has 12 heavy (non-hydrogen) atoms. The summed E-state index contributed by atoms with van der Waals surface area (Å²) in [6.45, 7) is 3.26. The van der Waals surface area contributed by atoms with Crippen LogP contribution in [0.25, 0.3) is 0 Å². The Balaban J connectivity index is 1.90. The highest BCUT2D eigenvalue weighted by molar-refractivity contribution is 5.04. The fourth-order valence-electron chi connectivity index (χ4n) is 2.54. The van der Waals surface area contributed by atoms with Gasteiger partial charge < -0.3 is 9.84 Å². The lowest BCUT2D eigenvalue weighted by Crippen LogP contribution is -2.39. The van der Waals surface area contributed by atoms with Gasteiger partial charge in [0.05, 0.1) is 12.2 Å². The van der Waals surface area contributed by atoms with Crippen molar-refractivity contribution in [3.8, 4) is 0 Å². The van der Waals surface area contributed by atoms with Crippen LogP contribution >= 0.6 is 0 Å². The summed E-state index contributed by atoms with van der Waals surface area (Å²) < 4.78 is 5.32. The minimum Gasteiger partial charge on any atom is -0.387 e. The molecular formula is C10H18O2. The van der Waals surface area contributed by atoms with E-state index in [1.165, 1.54) is 19.3 Å². The average molecular weight is 170 g/mol. The second kappa shape index (κ2) is 3.00. The number of aliphatic hydroxyl groups is 1. The highest BCUT2D eigenvalue weighted by Crippen LogP contribution is 2.54. The molecule has 0 saturated heterocycles. The zero-order valence-corrected chi connectivity index (χ0v) is 7.75. The second-order valence-corrected chi connectivity index (χ2v) is 4.24. The number of fused-ring (bicyclic) bond motifs is 1. The number of hydrogen-bond donors (Lipinski definition) is 1. The monoisotopic (exact) mass is 170 g/mol. The first-order valence-corrected chi connectivity index (χ1v) is 5.06. The zero-order chi connectivity index (χ0) is 8.60. The minimum atomic E-state index is -0.459. The molecule has 2 heteroatoms. The molecule has 2 aliphatic rings. The van der Waals surface area contributed by atoms with Crippen molar-refractivity contribution in [1.29, 1.82) is 0 Å². The highest BCUT2D eigenvalue weighted by atomic mass is 16.5. The van der Waals surface area contributed by atoms with Gasteiger partial charge in [-0.1, -0.05) is 6.42 Å². The van der Waals surface area contributed by atoms with Crippen molar-refractivity contribution in [1.82, 2.24) is 0 Å². The van der Waals surface area contributed by atoms with Gasteiger partial charge in [0.2, 0.25) is 0 Å². The molecule has 0 amide bonds. The molecule has 0 radical (unpaired) electrons. The van der Waals surface area contributed by atoms with Crippen molar-refractivity contribution in [2.75, 3.05) is 13.2 Å². The summed E-state index contributed by atoms with van der Waals surface area (Å²) in [5.74, 6) is 1.39. The van der Waals surface area contributed by atoms with E-state index in [0.717, 1.165) is 18.9 Å². The van der Waals surface area contributed by atoms with Crippen LogP contribution in [0.4, 0.5) is 0 Å². The highest BCUT2D eigenvalue weighted by Gasteiger charge is 2.53. The topological polar surface area (TPSA) is 29.5 Å². The maximum absolute atomic E-state index is 10.2. The normalized spacial score (nSPS) is 45.5. The van der Waals surface area contributed by atoms with Crippen LogP contribution in [-0.4, -0.2) is 23.9 Å². The Bertz CT molecular complexity index is 169. The molecule has 2 aliphatic carbocycles. The largest absolute Gasteiger partial charge is 0.387 e. The molecule has 0 heterocycles. The molecule has 0 bridgehead atoms. The van der Waals surface area contributed by atoms with Crippen molar-refractivity contribution >= 4 is 0 Å². The molecule has 0 spiro atoms. The third-order valence-electron chi connectivity index (χ3n) is 3.35. The van der Waals surface area contributed by atoms with Crippen LogP contribution in [0.2, 0.25) is 0 Å². The van der Waals surface area contributed by atoms with E-state index in [4.69, 9.17) is 4.74 Å².